The molecule has 202 valence electrons. The number of piperidine rings is 1. The Labute approximate surface area is 224 Å². The Bertz CT molecular complexity index is 1110. The van der Waals surface area contributed by atoms with E-state index in [0.29, 0.717) is 24.0 Å². The summed E-state index contributed by atoms with van der Waals surface area (Å²) in [5.74, 6) is 1.82. The zero-order valence-corrected chi connectivity index (χ0v) is 24.0. The third-order valence-corrected chi connectivity index (χ3v) is 9.34. The lowest BCUT2D eigenvalue weighted by atomic mass is 9.72. The predicted octanol–water partition coefficient (Wildman–Crippen LogP) is 5.13. The zero-order valence-electron chi connectivity index (χ0n) is 24.0. The lowest BCUT2D eigenvalue weighted by Crippen LogP contribution is -2.56. The average Bonchev–Trinajstić information content (AvgIpc) is 3.22. The van der Waals surface area contributed by atoms with E-state index in [1.165, 1.54) is 36.3 Å². The van der Waals surface area contributed by atoms with Gasteiger partial charge >= 0.3 is 0 Å². The molecule has 4 unspecified atom stereocenters. The standard InChI is InChI=1S/C31H48N6/c1-7-11-29(37-21-23(2)32-24(3)22-37)30-33-27-20-26(14-15-28(27)35(30)6)36-18-16-31(17-19-36,34(4)5)25-12-9-8-10-13-25/h8-10,12,14-15,20,23-25,29,32H,7,11,13,16-19,21-22H2,1-6H3. The molecule has 2 saturated heterocycles. The first kappa shape index (κ1) is 26.5. The van der Waals surface area contributed by atoms with Crippen molar-refractivity contribution in [1.29, 1.82) is 0 Å². The summed E-state index contributed by atoms with van der Waals surface area (Å²) < 4.78 is 2.35. The van der Waals surface area contributed by atoms with Gasteiger partial charge in [0, 0.05) is 56.5 Å². The van der Waals surface area contributed by atoms with E-state index in [-0.39, 0.29) is 5.54 Å². The van der Waals surface area contributed by atoms with E-state index < -0.39 is 0 Å². The van der Waals surface area contributed by atoms with Gasteiger partial charge in [0.25, 0.3) is 0 Å². The Balaban J connectivity index is 1.37. The summed E-state index contributed by atoms with van der Waals surface area (Å²) in [6.07, 6.45) is 15.0. The average molecular weight is 505 g/mol. The Morgan fingerprint density at radius 3 is 2.46 bits per heavy atom. The fourth-order valence-corrected chi connectivity index (χ4v) is 7.35. The third kappa shape index (κ3) is 5.13. The summed E-state index contributed by atoms with van der Waals surface area (Å²) in [7, 11) is 6.76. The van der Waals surface area contributed by atoms with Crippen LogP contribution < -0.4 is 10.2 Å². The first-order chi connectivity index (χ1) is 17.8. The van der Waals surface area contributed by atoms with Gasteiger partial charge < -0.3 is 19.7 Å². The number of aromatic nitrogens is 2. The zero-order chi connectivity index (χ0) is 26.2. The molecule has 2 aromatic rings. The molecule has 2 aliphatic heterocycles. The van der Waals surface area contributed by atoms with Crippen LogP contribution in [0.15, 0.2) is 42.5 Å². The molecule has 0 spiro atoms. The topological polar surface area (TPSA) is 39.6 Å². The lowest BCUT2D eigenvalue weighted by molar-refractivity contribution is 0.0713. The number of anilines is 1. The molecular formula is C31H48N6. The number of rotatable bonds is 7. The van der Waals surface area contributed by atoms with Gasteiger partial charge in [0.15, 0.2) is 0 Å². The van der Waals surface area contributed by atoms with Crippen molar-refractivity contribution in [2.45, 2.75) is 76.5 Å². The van der Waals surface area contributed by atoms with Crippen LogP contribution in [0.1, 0.15) is 64.7 Å². The summed E-state index contributed by atoms with van der Waals surface area (Å²) in [4.78, 5) is 13.0. The molecule has 3 aliphatic rings. The summed E-state index contributed by atoms with van der Waals surface area (Å²) in [5.41, 5.74) is 3.94. The normalized spacial score (nSPS) is 27.3. The highest BCUT2D eigenvalue weighted by Gasteiger charge is 2.42. The maximum absolute atomic E-state index is 5.29. The van der Waals surface area contributed by atoms with Crippen LogP contribution in [-0.2, 0) is 7.05 Å². The van der Waals surface area contributed by atoms with E-state index in [4.69, 9.17) is 4.98 Å². The van der Waals surface area contributed by atoms with Crippen molar-refractivity contribution in [2.75, 3.05) is 45.2 Å². The maximum atomic E-state index is 5.29. The largest absolute Gasteiger partial charge is 0.371 e. The van der Waals surface area contributed by atoms with Crippen molar-refractivity contribution in [3.05, 3.63) is 48.3 Å². The summed E-state index contributed by atoms with van der Waals surface area (Å²) in [6.45, 7) is 11.2. The quantitative estimate of drug-likeness (QED) is 0.566. The number of allylic oxidation sites excluding steroid dienone is 3. The Morgan fingerprint density at radius 2 is 1.84 bits per heavy atom. The minimum absolute atomic E-state index is 0.241. The van der Waals surface area contributed by atoms with Crippen LogP contribution in [-0.4, -0.2) is 77.2 Å². The molecule has 3 heterocycles. The number of benzene rings is 1. The van der Waals surface area contributed by atoms with E-state index >= 15 is 0 Å². The first-order valence-electron chi connectivity index (χ1n) is 14.5. The first-order valence-corrected chi connectivity index (χ1v) is 14.5. The van der Waals surface area contributed by atoms with E-state index in [0.717, 1.165) is 44.5 Å². The molecule has 0 bridgehead atoms. The van der Waals surface area contributed by atoms with Crippen molar-refractivity contribution < 1.29 is 0 Å². The highest BCUT2D eigenvalue weighted by atomic mass is 15.3. The lowest BCUT2D eigenvalue weighted by Gasteiger charge is -2.50. The maximum Gasteiger partial charge on any atom is 0.127 e. The van der Waals surface area contributed by atoms with E-state index in [2.05, 4.69) is 109 Å². The summed E-state index contributed by atoms with van der Waals surface area (Å²) in [6, 6.07) is 8.36. The fraction of sp³-hybridized carbons (Fsp3) is 0.645. The number of nitrogens with zero attached hydrogens (tertiary/aromatic N) is 5. The monoisotopic (exact) mass is 504 g/mol. The molecule has 6 nitrogen and oxygen atoms in total. The molecule has 0 saturated carbocycles. The number of aryl methyl sites for hydroxylation is 1. The number of nitrogens with one attached hydrogen (secondary N) is 1. The third-order valence-electron chi connectivity index (χ3n) is 9.34. The number of hydrogen-bond donors (Lipinski definition) is 1. The molecule has 2 fully saturated rings. The fourth-order valence-electron chi connectivity index (χ4n) is 7.35. The molecule has 37 heavy (non-hydrogen) atoms. The highest BCUT2D eigenvalue weighted by molar-refractivity contribution is 5.80. The predicted molar refractivity (Wildman–Crippen MR) is 156 cm³/mol. The molecular weight excluding hydrogens is 456 g/mol. The Kier molecular flexibility index (Phi) is 7.80. The van der Waals surface area contributed by atoms with Crippen LogP contribution in [0.2, 0.25) is 0 Å². The van der Waals surface area contributed by atoms with Crippen LogP contribution >= 0.6 is 0 Å². The van der Waals surface area contributed by atoms with Gasteiger partial charge in [-0.1, -0.05) is 37.6 Å². The van der Waals surface area contributed by atoms with E-state index in [9.17, 15) is 0 Å². The minimum atomic E-state index is 0.241. The van der Waals surface area contributed by atoms with Crippen molar-refractivity contribution in [3.63, 3.8) is 0 Å². The smallest absolute Gasteiger partial charge is 0.127 e. The second kappa shape index (κ2) is 10.9. The number of piperazine rings is 1. The summed E-state index contributed by atoms with van der Waals surface area (Å²) in [5, 5.41) is 3.69. The van der Waals surface area contributed by atoms with Crippen LogP contribution in [0.4, 0.5) is 5.69 Å². The minimum Gasteiger partial charge on any atom is -0.371 e. The molecule has 5 rings (SSSR count). The molecule has 1 aliphatic carbocycles. The molecule has 0 amide bonds. The van der Waals surface area contributed by atoms with Gasteiger partial charge in [-0.3, -0.25) is 4.90 Å². The van der Waals surface area contributed by atoms with Crippen LogP contribution in [0.5, 0.6) is 0 Å². The van der Waals surface area contributed by atoms with Crippen molar-refractivity contribution >= 4 is 16.7 Å². The van der Waals surface area contributed by atoms with Gasteiger partial charge in [-0.25, -0.2) is 4.98 Å². The number of imidazole rings is 1. The highest BCUT2D eigenvalue weighted by Crippen LogP contribution is 2.40. The second-order valence-corrected chi connectivity index (χ2v) is 12.1. The van der Waals surface area contributed by atoms with Crippen LogP contribution in [0.3, 0.4) is 0 Å². The Hall–Kier alpha value is -2.15. The molecule has 1 aromatic carbocycles. The van der Waals surface area contributed by atoms with Gasteiger partial charge in [-0.05, 0) is 77.7 Å². The number of hydrogen-bond acceptors (Lipinski definition) is 5. The second-order valence-electron chi connectivity index (χ2n) is 12.1. The SMILES string of the molecule is CCCC(c1nc2cc(N3CCC(C4C=CC=CC4)(N(C)C)CC3)ccc2n1C)N1CC(C)NC(C)C1. The molecule has 6 heteroatoms. The van der Waals surface area contributed by atoms with E-state index in [1.807, 2.05) is 0 Å². The van der Waals surface area contributed by atoms with Gasteiger partial charge in [0.05, 0.1) is 17.1 Å². The van der Waals surface area contributed by atoms with Crippen molar-refractivity contribution in [2.24, 2.45) is 13.0 Å². The molecule has 0 radical (unpaired) electrons. The van der Waals surface area contributed by atoms with E-state index in [1.54, 1.807) is 0 Å². The van der Waals surface area contributed by atoms with Crippen LogP contribution in [0, 0.1) is 5.92 Å². The van der Waals surface area contributed by atoms with Crippen molar-refractivity contribution in [1.82, 2.24) is 24.7 Å². The molecule has 4 atom stereocenters. The van der Waals surface area contributed by atoms with Gasteiger partial charge in [-0.15, -0.1) is 0 Å². The molecule has 1 N–H and O–H groups in total. The Morgan fingerprint density at radius 1 is 1.11 bits per heavy atom. The summed E-state index contributed by atoms with van der Waals surface area (Å²) >= 11 is 0. The van der Waals surface area contributed by atoms with Gasteiger partial charge in [0.2, 0.25) is 0 Å². The van der Waals surface area contributed by atoms with Crippen molar-refractivity contribution in [3.8, 4) is 0 Å². The number of fused-ring (bicyclic) bond motifs is 1. The van der Waals surface area contributed by atoms with Gasteiger partial charge in [0.1, 0.15) is 5.82 Å². The molecule has 1 aromatic heterocycles. The van der Waals surface area contributed by atoms with Crippen LogP contribution in [0.25, 0.3) is 11.0 Å². The van der Waals surface area contributed by atoms with Gasteiger partial charge in [-0.2, -0.15) is 0 Å².